The SMILES string of the molecule is COCCOCCOCCOc1cc(COC(=O)c2ccc(COC(=O)C(C)(COC(=O)c3ccc(COC(=O)C4(C)COC(C)(C)OC4)c([N+](=O)[O-])c3)COC(=O)c3ccc(COC(=O)C4(C)COC(C)(C)OC4)c([N+](=O)[O-])c3)c([N+](=O)[O-])c2)cc(OCCOCCOCCOC)c1OCCOCCOCCOC. The number of nitro benzene ring substituents is 3. The van der Waals surface area contributed by atoms with Gasteiger partial charge in [0.1, 0.15) is 75.7 Å². The normalized spacial score (nSPS) is 14.8. The van der Waals surface area contributed by atoms with Gasteiger partial charge in [0.15, 0.2) is 23.1 Å². The van der Waals surface area contributed by atoms with Crippen LogP contribution in [0.2, 0.25) is 0 Å². The van der Waals surface area contributed by atoms with Crippen molar-refractivity contribution in [3.05, 3.63) is 136 Å². The molecule has 37 nitrogen and oxygen atoms in total. The van der Waals surface area contributed by atoms with Crippen molar-refractivity contribution >= 4 is 52.9 Å². The number of ether oxygens (including phenoxy) is 22. The van der Waals surface area contributed by atoms with Gasteiger partial charge in [0.2, 0.25) is 5.75 Å². The Bertz CT molecular complexity index is 3520. The monoisotopic (exact) mass is 1560 g/mol. The van der Waals surface area contributed by atoms with Gasteiger partial charge in [0.05, 0.1) is 174 Å². The summed E-state index contributed by atoms with van der Waals surface area (Å²) in [4.78, 5) is 117. The van der Waals surface area contributed by atoms with Crippen LogP contribution in [0.3, 0.4) is 0 Å². The highest BCUT2D eigenvalue weighted by Crippen LogP contribution is 2.40. The number of methoxy groups -OCH3 is 3. The van der Waals surface area contributed by atoms with Gasteiger partial charge in [-0.25, -0.2) is 14.4 Å². The van der Waals surface area contributed by atoms with E-state index in [9.17, 15) is 59.1 Å². The zero-order valence-electron chi connectivity index (χ0n) is 63.4. The highest BCUT2D eigenvalue weighted by atomic mass is 16.7. The highest BCUT2D eigenvalue weighted by Gasteiger charge is 2.46. The smallest absolute Gasteiger partial charge is 0.338 e. The third-order valence-electron chi connectivity index (χ3n) is 16.4. The molecule has 0 amide bonds. The van der Waals surface area contributed by atoms with Gasteiger partial charge in [-0.05, 0) is 103 Å². The van der Waals surface area contributed by atoms with E-state index in [1.54, 1.807) is 49.0 Å². The maximum absolute atomic E-state index is 14.4. The van der Waals surface area contributed by atoms with E-state index in [1.807, 2.05) is 0 Å². The molecular weight excluding hydrogens is 1460 g/mol. The minimum absolute atomic E-state index is 0.00493. The van der Waals surface area contributed by atoms with Gasteiger partial charge in [0.25, 0.3) is 17.1 Å². The molecule has 0 bridgehead atoms. The molecule has 0 saturated carbocycles. The van der Waals surface area contributed by atoms with E-state index in [4.69, 9.17) is 104 Å². The summed E-state index contributed by atoms with van der Waals surface area (Å²) in [7, 11) is 4.67. The third-order valence-corrected chi connectivity index (χ3v) is 16.4. The molecule has 2 saturated heterocycles. The average molecular weight is 1560 g/mol. The number of carbonyl (C=O) groups is 6. The predicted molar refractivity (Wildman–Crippen MR) is 378 cm³/mol. The summed E-state index contributed by atoms with van der Waals surface area (Å²) >= 11 is 0. The van der Waals surface area contributed by atoms with E-state index in [0.29, 0.717) is 65.0 Å². The summed E-state index contributed by atoms with van der Waals surface area (Å²) in [6.07, 6.45) is 0. The first-order chi connectivity index (χ1) is 52.5. The van der Waals surface area contributed by atoms with Crippen molar-refractivity contribution in [2.24, 2.45) is 16.2 Å². The third kappa shape index (κ3) is 28.9. The first kappa shape index (κ1) is 89.7. The molecule has 6 rings (SSSR count). The van der Waals surface area contributed by atoms with Crippen LogP contribution in [0.15, 0.2) is 66.7 Å². The Morgan fingerprint density at radius 3 is 1.02 bits per heavy atom. The van der Waals surface area contributed by atoms with Crippen molar-refractivity contribution in [3.63, 3.8) is 0 Å². The van der Waals surface area contributed by atoms with Crippen LogP contribution >= 0.6 is 0 Å². The van der Waals surface area contributed by atoms with E-state index in [2.05, 4.69) is 0 Å². The van der Waals surface area contributed by atoms with Crippen LogP contribution in [0.5, 0.6) is 17.2 Å². The Hall–Kier alpha value is -9.22. The Kier molecular flexibility index (Phi) is 36.3. The first-order valence-corrected chi connectivity index (χ1v) is 34.9. The second-order valence-electron chi connectivity index (χ2n) is 26.5. The lowest BCUT2D eigenvalue weighted by atomic mass is 9.92. The molecule has 0 aromatic heterocycles. The number of nitrogens with zero attached hydrogens (tertiary/aromatic N) is 3. The van der Waals surface area contributed by atoms with Crippen molar-refractivity contribution in [3.8, 4) is 17.2 Å². The average Bonchev–Trinajstić information content (AvgIpc) is 0.817. The van der Waals surface area contributed by atoms with Crippen LogP contribution in [-0.4, -0.2) is 242 Å². The Labute approximate surface area is 634 Å². The lowest BCUT2D eigenvalue weighted by Crippen LogP contribution is -2.49. The maximum atomic E-state index is 14.4. The number of rotatable bonds is 51. The van der Waals surface area contributed by atoms with Crippen molar-refractivity contribution < 1.29 is 148 Å². The molecule has 37 heteroatoms. The summed E-state index contributed by atoms with van der Waals surface area (Å²) < 4.78 is 123. The Morgan fingerprint density at radius 2 is 0.691 bits per heavy atom. The largest absolute Gasteiger partial charge is 0.487 e. The van der Waals surface area contributed by atoms with Crippen molar-refractivity contribution in [1.82, 2.24) is 0 Å². The van der Waals surface area contributed by atoms with Crippen molar-refractivity contribution in [1.29, 1.82) is 0 Å². The summed E-state index contributed by atoms with van der Waals surface area (Å²) in [5.41, 5.74) is -8.31. The first-order valence-electron chi connectivity index (χ1n) is 34.9. The Morgan fingerprint density at radius 1 is 0.391 bits per heavy atom. The molecule has 2 fully saturated rings. The predicted octanol–water partition coefficient (Wildman–Crippen LogP) is 7.37. The van der Waals surface area contributed by atoms with Crippen molar-refractivity contribution in [2.75, 3.05) is 180 Å². The van der Waals surface area contributed by atoms with Gasteiger partial charge in [-0.1, -0.05) is 0 Å². The molecule has 4 aromatic rings. The summed E-state index contributed by atoms with van der Waals surface area (Å²) in [6, 6.07) is 12.4. The van der Waals surface area contributed by atoms with E-state index in [0.717, 1.165) is 61.5 Å². The molecule has 608 valence electrons. The van der Waals surface area contributed by atoms with Gasteiger partial charge in [-0.3, -0.25) is 44.7 Å². The number of carbonyl (C=O) groups excluding carboxylic acids is 6. The quantitative estimate of drug-likeness (QED) is 0.0137. The molecular formula is C73H97N3O34. The van der Waals surface area contributed by atoms with Gasteiger partial charge < -0.3 is 104 Å². The molecule has 0 aliphatic carbocycles. The fraction of sp³-hybridized carbons (Fsp3) is 0.589. The number of hydrogen-bond acceptors (Lipinski definition) is 34. The second kappa shape index (κ2) is 44.6. The van der Waals surface area contributed by atoms with Crippen LogP contribution in [0, 0.1) is 46.6 Å². The van der Waals surface area contributed by atoms with E-state index >= 15 is 0 Å². The molecule has 0 N–H and O–H groups in total. The number of esters is 6. The highest BCUT2D eigenvalue weighted by molar-refractivity contribution is 5.92. The molecule has 0 spiro atoms. The molecule has 110 heavy (non-hydrogen) atoms. The molecule has 2 aliphatic heterocycles. The van der Waals surface area contributed by atoms with Crippen LogP contribution < -0.4 is 14.2 Å². The van der Waals surface area contributed by atoms with Crippen LogP contribution in [0.1, 0.15) is 102 Å². The van der Waals surface area contributed by atoms with E-state index < -0.39 is 146 Å². The Balaban J connectivity index is 1.21. The minimum atomic E-state index is -2.26. The van der Waals surface area contributed by atoms with E-state index in [-0.39, 0.29) is 125 Å². The minimum Gasteiger partial charge on any atom is -0.487 e. The molecule has 0 unspecified atom stereocenters. The molecule has 0 atom stereocenters. The number of benzene rings is 4. The number of hydrogen-bond donors (Lipinski definition) is 0. The molecule has 2 aliphatic rings. The van der Waals surface area contributed by atoms with Gasteiger partial charge in [-0.15, -0.1) is 0 Å². The van der Waals surface area contributed by atoms with Gasteiger partial charge >= 0.3 is 35.8 Å². The van der Waals surface area contributed by atoms with Crippen LogP contribution in [0.4, 0.5) is 17.1 Å². The molecule has 4 aromatic carbocycles. The van der Waals surface area contributed by atoms with Gasteiger partial charge in [-0.2, -0.15) is 0 Å². The summed E-state index contributed by atoms with van der Waals surface area (Å²) in [5, 5.41) is 37.6. The lowest BCUT2D eigenvalue weighted by Gasteiger charge is -2.39. The number of nitro groups is 3. The molecule has 0 radical (unpaired) electrons. The van der Waals surface area contributed by atoms with Crippen molar-refractivity contribution in [2.45, 2.75) is 86.5 Å². The maximum Gasteiger partial charge on any atom is 0.338 e. The fourth-order valence-corrected chi connectivity index (χ4v) is 9.73. The summed E-state index contributed by atoms with van der Waals surface area (Å²) in [5.74, 6) is -7.95. The van der Waals surface area contributed by atoms with Crippen LogP contribution in [0.25, 0.3) is 0 Å². The van der Waals surface area contributed by atoms with Crippen LogP contribution in [-0.2, 0) is 131 Å². The van der Waals surface area contributed by atoms with Gasteiger partial charge in [0, 0.05) is 39.5 Å². The van der Waals surface area contributed by atoms with E-state index in [1.165, 1.54) is 26.0 Å². The fourth-order valence-electron chi connectivity index (χ4n) is 9.73. The second-order valence-corrected chi connectivity index (χ2v) is 26.5. The zero-order valence-corrected chi connectivity index (χ0v) is 63.4. The lowest BCUT2D eigenvalue weighted by molar-refractivity contribution is -0.386. The standard InChI is InChI=1S/C73H97N3O34/c1-69(2)107-46-72(6,47-108-69)67(81)103-42-55-15-12-52(38-58(55)75(85)86)64(78)105-44-71(5,45-106-65(79)53-13-16-56(59(39-53)76(87)88)43-104-68(82)73(7)48-109-70(3,4)110-49-73)66(80)102-41-54-14-11-51(37-57(54)74(83)84)63(77)101-40-50-35-60(98-32-29-95-26-23-92-20-17-89-8)62(100-34-31-97-28-25-94-22-19-91-10)61(36-50)99-33-30-96-27-24-93-21-18-90-9/h11-16,35-39H,17-34,40-49H2,1-10H3. The topological polar surface area (TPSA) is 435 Å². The zero-order chi connectivity index (χ0) is 80.3. The summed E-state index contributed by atoms with van der Waals surface area (Å²) in [6.45, 7) is 10.3. The molecule has 2 heterocycles.